The molecule has 1 unspecified atom stereocenters. The quantitative estimate of drug-likeness (QED) is 0.195. The molecule has 11 nitrogen and oxygen atoms in total. The average Bonchev–Trinajstić information content (AvgIpc) is 3.20. The Morgan fingerprint density at radius 3 is 1.80 bits per heavy atom. The van der Waals surface area contributed by atoms with E-state index in [0.717, 1.165) is 53.8 Å². The van der Waals surface area contributed by atoms with E-state index in [4.69, 9.17) is 19.2 Å². The Balaban J connectivity index is 1.29. The van der Waals surface area contributed by atoms with Gasteiger partial charge in [-0.05, 0) is 48.5 Å². The van der Waals surface area contributed by atoms with Crippen molar-refractivity contribution in [3.8, 4) is 17.2 Å². The minimum Gasteiger partial charge on any atom is -0.497 e. The number of halogens is 3. The normalized spacial score (nSPS) is 17.6. The lowest BCUT2D eigenvalue weighted by Crippen LogP contribution is -2.55. The van der Waals surface area contributed by atoms with Gasteiger partial charge in [-0.1, -0.05) is 24.3 Å². The zero-order chi connectivity index (χ0) is 38.0. The van der Waals surface area contributed by atoms with Crippen LogP contribution < -0.4 is 33.8 Å². The van der Waals surface area contributed by atoms with Gasteiger partial charge in [-0.3, -0.25) is 4.79 Å². The number of fused-ring (bicyclic) bond motifs is 1. The van der Waals surface area contributed by atoms with Crippen LogP contribution in [-0.4, -0.2) is 95.6 Å². The Kier molecular flexibility index (Phi) is 10.3. The molecule has 0 amide bonds. The van der Waals surface area contributed by atoms with Crippen LogP contribution in [0.15, 0.2) is 89.9 Å². The van der Waals surface area contributed by atoms with Crippen molar-refractivity contribution in [1.29, 1.82) is 0 Å². The van der Waals surface area contributed by atoms with Crippen LogP contribution in [0.1, 0.15) is 23.6 Å². The Bertz CT molecular complexity index is 2010. The molecular formula is C40H43F3N6O5. The fraction of sp³-hybridized carbons (Fsp3) is 0.350. The van der Waals surface area contributed by atoms with Crippen LogP contribution in [-0.2, 0) is 11.0 Å². The molecule has 3 aliphatic heterocycles. The summed E-state index contributed by atoms with van der Waals surface area (Å²) in [5.41, 5.74) is 3.34. The maximum atomic E-state index is 14.2. The molecule has 0 aromatic heterocycles. The van der Waals surface area contributed by atoms with Gasteiger partial charge >= 0.3 is 12.1 Å². The van der Waals surface area contributed by atoms with Gasteiger partial charge in [-0.2, -0.15) is 13.2 Å². The molecule has 3 heterocycles. The Hall–Kier alpha value is -5.79. The van der Waals surface area contributed by atoms with Gasteiger partial charge in [-0.15, -0.1) is 0 Å². The second-order valence-corrected chi connectivity index (χ2v) is 13.3. The van der Waals surface area contributed by atoms with Crippen molar-refractivity contribution in [2.24, 2.45) is 4.99 Å². The number of aliphatic carboxylic acids is 1. The molecule has 0 bridgehead atoms. The molecule has 4 aromatic rings. The highest BCUT2D eigenvalue weighted by Crippen LogP contribution is 2.48. The predicted octanol–water partition coefficient (Wildman–Crippen LogP) is 6.90. The maximum Gasteiger partial charge on any atom is 0.416 e. The lowest BCUT2D eigenvalue weighted by molar-refractivity contribution is -0.138. The van der Waals surface area contributed by atoms with Crippen LogP contribution in [0.2, 0.25) is 0 Å². The first-order valence-corrected chi connectivity index (χ1v) is 17.8. The van der Waals surface area contributed by atoms with E-state index in [9.17, 15) is 23.1 Å². The first-order chi connectivity index (χ1) is 26.1. The molecule has 284 valence electrons. The number of anilines is 4. The van der Waals surface area contributed by atoms with E-state index < -0.39 is 23.8 Å². The van der Waals surface area contributed by atoms with Gasteiger partial charge in [0.2, 0.25) is 5.96 Å². The number of guanidine groups is 1. The van der Waals surface area contributed by atoms with Crippen LogP contribution in [0, 0.1) is 0 Å². The third-order valence-corrected chi connectivity index (χ3v) is 10.3. The summed E-state index contributed by atoms with van der Waals surface area (Å²) in [4.78, 5) is 28.3. The fourth-order valence-electron chi connectivity index (χ4n) is 7.53. The minimum atomic E-state index is -4.64. The standard InChI is InChI=1S/C40H43F3N6O5/c1-52-30-9-4-7-28(24-30)45-15-19-47(20-16-45)33-12-6-11-32-34(26-37(50)51)49(35-23-27(40(41,42)43)13-14-36(35)54-3)39(44-38(32)33)48-21-17-46(18-22-48)29-8-5-10-31(25-29)53-2/h4-14,23-25,34H,15-22,26H2,1-3H3,(H,50,51). The number of hydrogen-bond acceptors (Lipinski definition) is 10. The summed E-state index contributed by atoms with van der Waals surface area (Å²) in [6.07, 6.45) is -5.03. The van der Waals surface area contributed by atoms with E-state index in [1.165, 1.54) is 13.2 Å². The number of aliphatic imine (C=N–C) groups is 1. The van der Waals surface area contributed by atoms with Gasteiger partial charge < -0.3 is 43.8 Å². The molecule has 2 fully saturated rings. The third-order valence-electron chi connectivity index (χ3n) is 10.3. The van der Waals surface area contributed by atoms with Gasteiger partial charge in [-0.25, -0.2) is 4.99 Å². The van der Waals surface area contributed by atoms with Crippen molar-refractivity contribution in [2.45, 2.75) is 18.6 Å². The first-order valence-electron chi connectivity index (χ1n) is 17.8. The summed E-state index contributed by atoms with van der Waals surface area (Å²) >= 11 is 0. The molecule has 4 aromatic carbocycles. The maximum absolute atomic E-state index is 14.2. The lowest BCUT2D eigenvalue weighted by Gasteiger charge is -2.46. The highest BCUT2D eigenvalue weighted by molar-refractivity contribution is 6.03. The largest absolute Gasteiger partial charge is 0.497 e. The third kappa shape index (κ3) is 7.37. The number of rotatable bonds is 9. The summed E-state index contributed by atoms with van der Waals surface area (Å²) in [7, 11) is 4.66. The number of carboxylic acids is 1. The first kappa shape index (κ1) is 36.6. The summed E-state index contributed by atoms with van der Waals surface area (Å²) < 4.78 is 59.2. The number of benzene rings is 4. The molecule has 7 rings (SSSR count). The number of para-hydroxylation sites is 1. The molecule has 3 aliphatic rings. The average molecular weight is 745 g/mol. The number of methoxy groups -OCH3 is 3. The van der Waals surface area contributed by atoms with E-state index in [-0.39, 0.29) is 17.9 Å². The predicted molar refractivity (Wildman–Crippen MR) is 203 cm³/mol. The summed E-state index contributed by atoms with van der Waals surface area (Å²) in [5, 5.41) is 10.3. The van der Waals surface area contributed by atoms with Gasteiger partial charge in [0.25, 0.3) is 0 Å². The Morgan fingerprint density at radius 1 is 0.704 bits per heavy atom. The topological polar surface area (TPSA) is 93.5 Å². The number of carbonyl (C=O) groups is 1. The molecule has 0 aliphatic carbocycles. The van der Waals surface area contributed by atoms with Crippen LogP contribution >= 0.6 is 0 Å². The van der Waals surface area contributed by atoms with E-state index in [2.05, 4.69) is 20.8 Å². The monoisotopic (exact) mass is 744 g/mol. The van der Waals surface area contributed by atoms with Crippen molar-refractivity contribution in [2.75, 3.05) is 93.3 Å². The number of nitrogens with zero attached hydrogens (tertiary/aromatic N) is 6. The second kappa shape index (κ2) is 15.3. The molecule has 0 spiro atoms. The number of carboxylic acid groups (broad SMARTS) is 1. The van der Waals surface area contributed by atoms with Gasteiger partial charge in [0.15, 0.2) is 0 Å². The molecular weight excluding hydrogens is 701 g/mol. The molecule has 14 heteroatoms. The van der Waals surface area contributed by atoms with E-state index >= 15 is 0 Å². The van der Waals surface area contributed by atoms with Crippen molar-refractivity contribution in [3.05, 3.63) is 96.1 Å². The number of ether oxygens (including phenoxy) is 3. The van der Waals surface area contributed by atoms with Crippen molar-refractivity contribution < 1.29 is 37.3 Å². The van der Waals surface area contributed by atoms with Gasteiger partial charge in [0, 0.05) is 81.4 Å². The highest BCUT2D eigenvalue weighted by atomic mass is 19.4. The van der Waals surface area contributed by atoms with Crippen LogP contribution in [0.3, 0.4) is 0 Å². The Morgan fingerprint density at radius 2 is 1.26 bits per heavy atom. The molecule has 0 saturated carbocycles. The lowest BCUT2D eigenvalue weighted by atomic mass is 9.95. The number of piperazine rings is 2. The van der Waals surface area contributed by atoms with Crippen molar-refractivity contribution in [3.63, 3.8) is 0 Å². The molecule has 2 saturated heterocycles. The van der Waals surface area contributed by atoms with E-state index in [1.807, 2.05) is 65.6 Å². The van der Waals surface area contributed by atoms with Gasteiger partial charge in [0.05, 0.1) is 56.4 Å². The van der Waals surface area contributed by atoms with Crippen molar-refractivity contribution >= 4 is 40.4 Å². The van der Waals surface area contributed by atoms with Crippen LogP contribution in [0.5, 0.6) is 17.2 Å². The molecule has 1 atom stereocenters. The Labute approximate surface area is 312 Å². The number of alkyl halides is 3. The zero-order valence-electron chi connectivity index (χ0n) is 30.4. The molecule has 54 heavy (non-hydrogen) atoms. The highest BCUT2D eigenvalue weighted by Gasteiger charge is 2.41. The van der Waals surface area contributed by atoms with E-state index in [1.54, 1.807) is 19.1 Å². The van der Waals surface area contributed by atoms with Crippen LogP contribution in [0.25, 0.3) is 0 Å². The molecule has 1 N–H and O–H groups in total. The zero-order valence-corrected chi connectivity index (χ0v) is 30.4. The number of hydrogen-bond donors (Lipinski definition) is 1. The van der Waals surface area contributed by atoms with Crippen molar-refractivity contribution in [1.82, 2.24) is 4.90 Å². The summed E-state index contributed by atoms with van der Waals surface area (Å²) in [6.45, 7) is 4.93. The smallest absolute Gasteiger partial charge is 0.416 e. The van der Waals surface area contributed by atoms with Crippen LogP contribution in [0.4, 0.5) is 41.6 Å². The minimum absolute atomic E-state index is 0.0931. The van der Waals surface area contributed by atoms with E-state index in [0.29, 0.717) is 56.5 Å². The summed E-state index contributed by atoms with van der Waals surface area (Å²) in [6, 6.07) is 23.8. The second-order valence-electron chi connectivity index (χ2n) is 13.3. The molecule has 0 radical (unpaired) electrons. The fourth-order valence-corrected chi connectivity index (χ4v) is 7.53. The summed E-state index contributed by atoms with van der Waals surface area (Å²) in [5.74, 6) is 0.973. The SMILES string of the molecule is COc1cccc(N2CCN(C3=Nc4c(cccc4N4CCN(c5cccc(OC)c5)CC4)C(CC(=O)O)N3c3cc(C(F)(F)F)ccc3OC)CC2)c1. The van der Waals surface area contributed by atoms with Gasteiger partial charge in [0.1, 0.15) is 17.2 Å².